The molecule has 76 heavy (non-hydrogen) atoms. The third kappa shape index (κ3) is 8.42. The van der Waals surface area contributed by atoms with Crippen molar-refractivity contribution in [2.24, 2.45) is 25.9 Å². The average molecular weight is 1040 g/mol. The molecule has 8 aromatic carbocycles. The maximum Gasteiger partial charge on any atom is 0.220 e. The van der Waals surface area contributed by atoms with E-state index in [1.807, 2.05) is 0 Å². The van der Waals surface area contributed by atoms with Crippen LogP contribution in [0.1, 0.15) is 0 Å². The van der Waals surface area contributed by atoms with Gasteiger partial charge in [-0.1, -0.05) is 0 Å². The summed E-state index contributed by atoms with van der Waals surface area (Å²) in [4.78, 5) is 61.4. The van der Waals surface area contributed by atoms with E-state index >= 15 is 0 Å². The Bertz CT molecular complexity index is 3800. The smallest absolute Gasteiger partial charge is 0.220 e. The summed E-state index contributed by atoms with van der Waals surface area (Å²) in [5.41, 5.74) is -4.56. The Morgan fingerprint density at radius 1 is 0.263 bits per heavy atom. The molecule has 0 saturated heterocycles. The number of phenols is 10. The van der Waals surface area contributed by atoms with Gasteiger partial charge in [-0.05, 0) is 25.9 Å². The van der Waals surface area contributed by atoms with Crippen LogP contribution >= 0.6 is 0 Å². The Labute approximate surface area is 418 Å². The van der Waals surface area contributed by atoms with E-state index in [0.29, 0.717) is 6.07 Å². The molecule has 0 amide bonds. The highest BCUT2D eigenvalue weighted by molar-refractivity contribution is 5.98. The number of nitroso groups, excluding NO2 is 5. The molecule has 10 rings (SSSR count). The Hall–Kier alpha value is -11.8. The van der Waals surface area contributed by atoms with Gasteiger partial charge in [0.05, 0.1) is 11.1 Å². The second kappa shape index (κ2) is 18.4. The topological polar surface area (TPSA) is 423 Å². The first-order valence-corrected chi connectivity index (χ1v) is 20.9. The SMILES string of the molecule is O=Nc1cc(Oc2cc(O)cc(Oc3c(O)cc(N=O)c4c3Oc3c(O)cc(N=O)c(-c5c(N=O)cc(O)c6c5Oc5c(O)cc(O)c(Oc7cc(O)cc(O)c7)c5O6)c3O4)c2)cc(N=O)c1Oc1cc(O)cc(O)c1. The number of fused-ring (bicyclic) bond motifs is 4. The van der Waals surface area contributed by atoms with Crippen LogP contribution in [0, 0.1) is 24.5 Å². The second-order valence-corrected chi connectivity index (χ2v) is 15.8. The van der Waals surface area contributed by atoms with Crippen molar-refractivity contribution in [3.05, 3.63) is 116 Å². The Morgan fingerprint density at radius 3 is 1.04 bits per heavy atom. The van der Waals surface area contributed by atoms with Gasteiger partial charge >= 0.3 is 0 Å². The predicted octanol–water partition coefficient (Wildman–Crippen LogP) is 13.4. The molecule has 0 atom stereocenters. The minimum Gasteiger partial charge on any atom is -0.508 e. The molecule has 2 aliphatic rings. The molecule has 0 spiro atoms. The van der Waals surface area contributed by atoms with E-state index in [1.165, 1.54) is 0 Å². The number of benzene rings is 8. The maximum atomic E-state index is 12.6. The van der Waals surface area contributed by atoms with Crippen molar-refractivity contribution in [1.82, 2.24) is 0 Å². The van der Waals surface area contributed by atoms with Gasteiger partial charge < -0.3 is 89.0 Å². The molecule has 28 nitrogen and oxygen atoms in total. The van der Waals surface area contributed by atoms with Gasteiger partial charge in [-0.25, -0.2) is 0 Å². The highest BCUT2D eigenvalue weighted by Crippen LogP contribution is 2.68. The van der Waals surface area contributed by atoms with Gasteiger partial charge in [-0.2, -0.15) is 0 Å². The van der Waals surface area contributed by atoms with Crippen molar-refractivity contribution < 1.29 is 89.0 Å². The average Bonchev–Trinajstić information content (AvgIpc) is 3.42. The van der Waals surface area contributed by atoms with E-state index in [4.69, 9.17) is 37.9 Å². The summed E-state index contributed by atoms with van der Waals surface area (Å²) >= 11 is 0. The summed E-state index contributed by atoms with van der Waals surface area (Å²) in [6, 6.07) is 14.1. The number of phenolic OH excluding ortho intramolecular Hbond substituents is 10. The minimum atomic E-state index is -0.921. The maximum absolute atomic E-state index is 12.6. The molecule has 0 bridgehead atoms. The zero-order chi connectivity index (χ0) is 53.9. The summed E-state index contributed by atoms with van der Waals surface area (Å²) in [6.45, 7) is 0. The van der Waals surface area contributed by atoms with E-state index in [1.54, 1.807) is 0 Å². The lowest BCUT2D eigenvalue weighted by atomic mass is 9.96. The molecular formula is C48H25N5O23. The van der Waals surface area contributed by atoms with Crippen LogP contribution in [-0.2, 0) is 0 Å². The van der Waals surface area contributed by atoms with Crippen LogP contribution < -0.4 is 37.9 Å². The fourth-order valence-corrected chi connectivity index (χ4v) is 7.79. The zero-order valence-corrected chi connectivity index (χ0v) is 37.2. The first-order chi connectivity index (χ1) is 36.5. The van der Waals surface area contributed by atoms with Crippen molar-refractivity contribution in [1.29, 1.82) is 0 Å². The van der Waals surface area contributed by atoms with Crippen molar-refractivity contribution in [3.8, 4) is 161 Å². The van der Waals surface area contributed by atoms with E-state index in [0.717, 1.165) is 84.9 Å². The number of hydrogen-bond acceptors (Lipinski definition) is 28. The summed E-state index contributed by atoms with van der Waals surface area (Å²) in [5, 5.41) is 121. The van der Waals surface area contributed by atoms with Crippen molar-refractivity contribution in [2.75, 3.05) is 0 Å². The largest absolute Gasteiger partial charge is 0.508 e. The van der Waals surface area contributed by atoms with E-state index in [9.17, 15) is 75.6 Å². The number of ether oxygens (including phenoxy) is 8. The lowest BCUT2D eigenvalue weighted by molar-refractivity contribution is 0.301. The summed E-state index contributed by atoms with van der Waals surface area (Å²) < 4.78 is 47.0. The monoisotopic (exact) mass is 1040 g/mol. The van der Waals surface area contributed by atoms with E-state index < -0.39 is 160 Å². The molecular weight excluding hydrogens is 1010 g/mol. The van der Waals surface area contributed by atoms with Crippen LogP contribution in [0.2, 0.25) is 0 Å². The molecule has 0 fully saturated rings. The molecule has 2 aliphatic heterocycles. The van der Waals surface area contributed by atoms with Gasteiger partial charge in [0.1, 0.15) is 68.9 Å². The highest BCUT2D eigenvalue weighted by atomic mass is 16.6. The normalized spacial score (nSPS) is 11.6. The first-order valence-electron chi connectivity index (χ1n) is 20.9. The van der Waals surface area contributed by atoms with Gasteiger partial charge in [0.25, 0.3) is 0 Å². The van der Waals surface area contributed by atoms with Gasteiger partial charge in [-0.3, -0.25) is 0 Å². The molecule has 0 saturated carbocycles. The molecule has 8 aromatic rings. The summed E-state index contributed by atoms with van der Waals surface area (Å²) in [7, 11) is 0. The molecule has 2 heterocycles. The predicted molar refractivity (Wildman–Crippen MR) is 255 cm³/mol. The lowest BCUT2D eigenvalue weighted by Crippen LogP contribution is -2.06. The standard InChI is InChI=1S/C48H25N5O23/c54-16-1-17(55)4-21(3-16)70-38-28(51-66)10-25(11-29(38)52-67)69-23-7-20(58)8-24(9-23)72-42-33(61)14-30(53-68)39-47(42)75-40-31(59)12-26(49-64)36(45(40)73-39)37-27(50-65)13-32(60)41-46(37)74-44-35(63)15-34(62)43(48(44)76-41)71-22-5-18(56)2-19(57)6-22/h1-15,54-63H. The quantitative estimate of drug-likeness (QED) is 0.0452. The lowest BCUT2D eigenvalue weighted by Gasteiger charge is -2.29. The van der Waals surface area contributed by atoms with Crippen LogP contribution in [0.5, 0.6) is 149 Å². The molecule has 10 N–H and O–H groups in total. The van der Waals surface area contributed by atoms with Crippen LogP contribution in [-0.4, -0.2) is 51.1 Å². The summed E-state index contributed by atoms with van der Waals surface area (Å²) in [6.07, 6.45) is 0. The number of rotatable bonds is 14. The Kier molecular flexibility index (Phi) is 11.6. The van der Waals surface area contributed by atoms with Crippen LogP contribution in [0.15, 0.2) is 117 Å². The van der Waals surface area contributed by atoms with Crippen LogP contribution in [0.3, 0.4) is 0 Å². The molecule has 380 valence electrons. The second-order valence-electron chi connectivity index (χ2n) is 15.8. The number of aromatic hydroxyl groups is 10. The molecule has 0 unspecified atom stereocenters. The van der Waals surface area contributed by atoms with Gasteiger partial charge in [0.15, 0.2) is 63.1 Å². The van der Waals surface area contributed by atoms with Crippen molar-refractivity contribution in [3.63, 3.8) is 0 Å². The van der Waals surface area contributed by atoms with Gasteiger partial charge in [0.2, 0.25) is 46.0 Å². The Morgan fingerprint density at radius 2 is 0.579 bits per heavy atom. The third-order valence-electron chi connectivity index (χ3n) is 10.8. The van der Waals surface area contributed by atoms with Crippen molar-refractivity contribution >= 4 is 28.4 Å². The molecule has 0 aliphatic carbocycles. The molecule has 0 aromatic heterocycles. The van der Waals surface area contributed by atoms with Gasteiger partial charge in [-0.15, -0.1) is 24.5 Å². The summed E-state index contributed by atoms with van der Waals surface area (Å²) in [5.74, 6) is -15.5. The van der Waals surface area contributed by atoms with Crippen molar-refractivity contribution in [2.45, 2.75) is 0 Å². The van der Waals surface area contributed by atoms with E-state index in [2.05, 4.69) is 25.9 Å². The minimum absolute atomic E-state index is 0.213. The fourth-order valence-electron chi connectivity index (χ4n) is 7.79. The fraction of sp³-hybridized carbons (Fsp3) is 0. The highest BCUT2D eigenvalue weighted by Gasteiger charge is 2.40. The first kappa shape index (κ1) is 47.8. The molecule has 0 radical (unpaired) electrons. The number of hydrogen-bond donors (Lipinski definition) is 10. The number of nitrogens with zero attached hydrogens (tertiary/aromatic N) is 5. The van der Waals surface area contributed by atoms with Crippen LogP contribution in [0.25, 0.3) is 11.1 Å². The third-order valence-corrected chi connectivity index (χ3v) is 10.8. The molecule has 28 heteroatoms. The van der Waals surface area contributed by atoms with Gasteiger partial charge in [0, 0.05) is 91.0 Å². The van der Waals surface area contributed by atoms with E-state index in [-0.39, 0.29) is 28.7 Å². The zero-order valence-electron chi connectivity index (χ0n) is 37.2. The van der Waals surface area contributed by atoms with Crippen LogP contribution in [0.4, 0.5) is 28.4 Å². The Balaban J connectivity index is 1.03.